The smallest absolute Gasteiger partial charge is 0.255 e. The number of ether oxygens (including phenoxy) is 1. The number of hydrogen-bond donors (Lipinski definition) is 2. The number of carbonyl (C=O) groups excluding carboxylic acids is 1. The highest BCUT2D eigenvalue weighted by molar-refractivity contribution is 5.97. The molecule has 0 heterocycles. The van der Waals surface area contributed by atoms with Crippen molar-refractivity contribution in [3.8, 4) is 5.75 Å². The Labute approximate surface area is 146 Å². The van der Waals surface area contributed by atoms with E-state index in [0.29, 0.717) is 16.9 Å². The third-order valence-electron chi connectivity index (χ3n) is 4.52. The summed E-state index contributed by atoms with van der Waals surface area (Å²) in [5.41, 5.74) is 1.00. The summed E-state index contributed by atoms with van der Waals surface area (Å²) in [6.45, 7) is 1.71. The van der Waals surface area contributed by atoms with Crippen LogP contribution in [0.4, 0.5) is 4.39 Å². The number of benzene rings is 2. The summed E-state index contributed by atoms with van der Waals surface area (Å²) in [5, 5.41) is 13.2. The van der Waals surface area contributed by atoms with E-state index in [1.54, 1.807) is 25.1 Å². The molecule has 1 amide bonds. The van der Waals surface area contributed by atoms with Crippen LogP contribution in [0, 0.1) is 5.82 Å². The maximum Gasteiger partial charge on any atom is 0.255 e. The van der Waals surface area contributed by atoms with E-state index < -0.39 is 12.1 Å². The molecule has 2 unspecified atom stereocenters. The van der Waals surface area contributed by atoms with Gasteiger partial charge in [-0.3, -0.25) is 4.79 Å². The number of carbonyl (C=O) groups is 1. The number of rotatable bonds is 6. The van der Waals surface area contributed by atoms with Crippen LogP contribution in [-0.4, -0.2) is 23.2 Å². The van der Waals surface area contributed by atoms with Crippen molar-refractivity contribution in [1.82, 2.24) is 5.32 Å². The number of hydrogen-bond acceptors (Lipinski definition) is 3. The van der Waals surface area contributed by atoms with E-state index in [0.717, 1.165) is 19.3 Å². The fourth-order valence-corrected chi connectivity index (χ4v) is 2.74. The molecule has 0 aliphatic heterocycles. The van der Waals surface area contributed by atoms with Crippen LogP contribution in [0.25, 0.3) is 0 Å². The second-order valence-electron chi connectivity index (χ2n) is 6.43. The van der Waals surface area contributed by atoms with Crippen LogP contribution in [0.1, 0.15) is 48.2 Å². The Hall–Kier alpha value is -2.40. The number of aliphatic hydroxyl groups is 1. The first-order valence-electron chi connectivity index (χ1n) is 8.54. The normalized spacial score (nSPS) is 16.6. The summed E-state index contributed by atoms with van der Waals surface area (Å²) in [4.78, 5) is 12.6. The summed E-state index contributed by atoms with van der Waals surface area (Å²) in [7, 11) is 0. The molecular formula is C20H22FNO3. The van der Waals surface area contributed by atoms with Gasteiger partial charge in [0.25, 0.3) is 5.91 Å². The number of para-hydroxylation sites is 1. The van der Waals surface area contributed by atoms with E-state index in [1.165, 1.54) is 24.3 Å². The van der Waals surface area contributed by atoms with Gasteiger partial charge in [-0.25, -0.2) is 4.39 Å². The first-order valence-corrected chi connectivity index (χ1v) is 8.54. The Morgan fingerprint density at radius 1 is 1.20 bits per heavy atom. The van der Waals surface area contributed by atoms with Crippen LogP contribution < -0.4 is 10.1 Å². The van der Waals surface area contributed by atoms with Gasteiger partial charge >= 0.3 is 0 Å². The molecule has 0 bridgehead atoms. The Balaban J connectivity index is 1.67. The standard InChI is InChI=1S/C20H22FNO3/c1-13(19(23)14-9-11-15(21)12-10-14)22-20(24)17-7-2-3-8-18(17)25-16-5-4-6-16/h2-3,7-13,16,19,23H,4-6H2,1H3,(H,22,24). The van der Waals surface area contributed by atoms with Crippen molar-refractivity contribution in [3.63, 3.8) is 0 Å². The Kier molecular flexibility index (Phi) is 5.34. The van der Waals surface area contributed by atoms with Crippen molar-refractivity contribution in [3.05, 3.63) is 65.5 Å². The lowest BCUT2D eigenvalue weighted by Crippen LogP contribution is -2.37. The van der Waals surface area contributed by atoms with Gasteiger partial charge in [-0.2, -0.15) is 0 Å². The van der Waals surface area contributed by atoms with Crippen molar-refractivity contribution >= 4 is 5.91 Å². The minimum absolute atomic E-state index is 0.177. The highest BCUT2D eigenvalue weighted by Crippen LogP contribution is 2.28. The van der Waals surface area contributed by atoms with Gasteiger partial charge in [0.1, 0.15) is 11.6 Å². The second-order valence-corrected chi connectivity index (χ2v) is 6.43. The second kappa shape index (κ2) is 7.66. The van der Waals surface area contributed by atoms with E-state index in [1.807, 2.05) is 6.07 Å². The maximum atomic E-state index is 13.0. The molecule has 0 saturated heterocycles. The predicted octanol–water partition coefficient (Wildman–Crippen LogP) is 3.61. The molecular weight excluding hydrogens is 321 g/mol. The van der Waals surface area contributed by atoms with Gasteiger partial charge in [0.05, 0.1) is 23.8 Å². The highest BCUT2D eigenvalue weighted by atomic mass is 19.1. The number of amides is 1. The molecule has 2 aromatic carbocycles. The number of halogens is 1. The Bertz CT molecular complexity index is 728. The average molecular weight is 343 g/mol. The molecule has 2 N–H and O–H groups in total. The first kappa shape index (κ1) is 17.4. The summed E-state index contributed by atoms with van der Waals surface area (Å²) in [6.07, 6.45) is 2.42. The van der Waals surface area contributed by atoms with Gasteiger partial charge < -0.3 is 15.2 Å². The fraction of sp³-hybridized carbons (Fsp3) is 0.350. The monoisotopic (exact) mass is 343 g/mol. The summed E-state index contributed by atoms with van der Waals surface area (Å²) in [6, 6.07) is 12.2. The summed E-state index contributed by atoms with van der Waals surface area (Å²) in [5.74, 6) is -0.105. The van der Waals surface area contributed by atoms with Crippen LogP contribution in [0.2, 0.25) is 0 Å². The topological polar surface area (TPSA) is 58.6 Å². The van der Waals surface area contributed by atoms with E-state index in [9.17, 15) is 14.3 Å². The predicted molar refractivity (Wildman–Crippen MR) is 93.0 cm³/mol. The van der Waals surface area contributed by atoms with E-state index >= 15 is 0 Å². The molecule has 1 saturated carbocycles. The van der Waals surface area contributed by atoms with Crippen molar-refractivity contribution in [2.75, 3.05) is 0 Å². The molecule has 5 heteroatoms. The zero-order valence-corrected chi connectivity index (χ0v) is 14.1. The molecule has 2 atom stereocenters. The first-order chi connectivity index (χ1) is 12.0. The Morgan fingerprint density at radius 2 is 1.88 bits per heavy atom. The zero-order valence-electron chi connectivity index (χ0n) is 14.1. The quantitative estimate of drug-likeness (QED) is 0.842. The lowest BCUT2D eigenvalue weighted by molar-refractivity contribution is 0.0833. The zero-order chi connectivity index (χ0) is 17.8. The van der Waals surface area contributed by atoms with Crippen molar-refractivity contribution in [1.29, 1.82) is 0 Å². The maximum absolute atomic E-state index is 13.0. The molecule has 4 nitrogen and oxygen atoms in total. The van der Waals surface area contributed by atoms with E-state index in [-0.39, 0.29) is 17.8 Å². The van der Waals surface area contributed by atoms with Crippen molar-refractivity contribution in [2.24, 2.45) is 0 Å². The Morgan fingerprint density at radius 3 is 2.52 bits per heavy atom. The van der Waals surface area contributed by atoms with Crippen LogP contribution in [0.5, 0.6) is 5.75 Å². The third kappa shape index (κ3) is 4.17. The fourth-order valence-electron chi connectivity index (χ4n) is 2.74. The van der Waals surface area contributed by atoms with Crippen LogP contribution in [-0.2, 0) is 0 Å². The number of aliphatic hydroxyl groups excluding tert-OH is 1. The van der Waals surface area contributed by atoms with Crippen LogP contribution in [0.3, 0.4) is 0 Å². The van der Waals surface area contributed by atoms with Crippen molar-refractivity contribution in [2.45, 2.75) is 44.4 Å². The van der Waals surface area contributed by atoms with E-state index in [4.69, 9.17) is 4.74 Å². The van der Waals surface area contributed by atoms with Gasteiger partial charge in [0.15, 0.2) is 0 Å². The third-order valence-corrected chi connectivity index (χ3v) is 4.52. The molecule has 3 rings (SSSR count). The highest BCUT2D eigenvalue weighted by Gasteiger charge is 2.24. The molecule has 25 heavy (non-hydrogen) atoms. The molecule has 0 spiro atoms. The molecule has 1 fully saturated rings. The van der Waals surface area contributed by atoms with Crippen LogP contribution >= 0.6 is 0 Å². The van der Waals surface area contributed by atoms with Gasteiger partial charge in [-0.1, -0.05) is 24.3 Å². The molecule has 1 aliphatic carbocycles. The molecule has 1 aliphatic rings. The average Bonchev–Trinajstić information content (AvgIpc) is 2.58. The minimum atomic E-state index is -0.927. The van der Waals surface area contributed by atoms with E-state index in [2.05, 4.69) is 5.32 Å². The van der Waals surface area contributed by atoms with Crippen LogP contribution in [0.15, 0.2) is 48.5 Å². The molecule has 0 radical (unpaired) electrons. The van der Waals surface area contributed by atoms with Gasteiger partial charge in [0.2, 0.25) is 0 Å². The molecule has 0 aromatic heterocycles. The lowest BCUT2D eigenvalue weighted by Gasteiger charge is -2.27. The molecule has 132 valence electrons. The largest absolute Gasteiger partial charge is 0.490 e. The number of nitrogens with one attached hydrogen (secondary N) is 1. The van der Waals surface area contributed by atoms with Gasteiger partial charge in [-0.15, -0.1) is 0 Å². The van der Waals surface area contributed by atoms with Gasteiger partial charge in [-0.05, 0) is 56.0 Å². The lowest BCUT2D eigenvalue weighted by atomic mass is 9.96. The minimum Gasteiger partial charge on any atom is -0.490 e. The van der Waals surface area contributed by atoms with Gasteiger partial charge in [0, 0.05) is 0 Å². The summed E-state index contributed by atoms with van der Waals surface area (Å²) < 4.78 is 18.9. The summed E-state index contributed by atoms with van der Waals surface area (Å²) >= 11 is 0. The van der Waals surface area contributed by atoms with Crippen molar-refractivity contribution < 1.29 is 19.0 Å². The SMILES string of the molecule is CC(NC(=O)c1ccccc1OC1CCC1)C(O)c1ccc(F)cc1. The molecule has 2 aromatic rings.